The lowest BCUT2D eigenvalue weighted by Gasteiger charge is -2.14. The number of hydrogen-bond donors (Lipinski definition) is 3. The molecule has 0 saturated heterocycles. The van der Waals surface area contributed by atoms with Gasteiger partial charge in [0, 0.05) is 6.54 Å². The number of hydrogen-bond acceptors (Lipinski definition) is 4. The Hall–Kier alpha value is -2.34. The highest BCUT2D eigenvalue weighted by molar-refractivity contribution is 7.16. The predicted octanol–water partition coefficient (Wildman–Crippen LogP) is 4.53. The van der Waals surface area contributed by atoms with Gasteiger partial charge in [0.05, 0.1) is 21.1 Å². The fourth-order valence-corrected chi connectivity index (χ4v) is 3.46. The molecule has 0 aliphatic heterocycles. The van der Waals surface area contributed by atoms with E-state index in [-0.39, 0.29) is 11.8 Å². The van der Waals surface area contributed by atoms with E-state index in [1.54, 1.807) is 24.3 Å². The average Bonchev–Trinajstić information content (AvgIpc) is 3.14. The quantitative estimate of drug-likeness (QED) is 0.565. The Kier molecular flexibility index (Phi) is 7.66. The third kappa shape index (κ3) is 5.59. The smallest absolute Gasteiger partial charge is 0.265 e. The van der Waals surface area contributed by atoms with Gasteiger partial charge in [0.1, 0.15) is 0 Å². The summed E-state index contributed by atoms with van der Waals surface area (Å²) >= 11 is 1.19. The van der Waals surface area contributed by atoms with Gasteiger partial charge in [-0.1, -0.05) is 45.2 Å². The Bertz CT molecular complexity index is 742. The van der Waals surface area contributed by atoms with Gasteiger partial charge in [-0.3, -0.25) is 9.59 Å². The highest BCUT2D eigenvalue weighted by atomic mass is 32.1. The van der Waals surface area contributed by atoms with Crippen molar-refractivity contribution < 1.29 is 9.59 Å². The number of carbonyl (C=O) groups excluding carboxylic acids is 2. The number of para-hydroxylation sites is 2. The zero-order valence-electron chi connectivity index (χ0n) is 15.4. The second-order valence-electron chi connectivity index (χ2n) is 6.33. The third-order valence-corrected chi connectivity index (χ3v) is 5.44. The van der Waals surface area contributed by atoms with Crippen molar-refractivity contribution >= 4 is 34.5 Å². The summed E-state index contributed by atoms with van der Waals surface area (Å²) in [6.45, 7) is 5.00. The van der Waals surface area contributed by atoms with Crippen LogP contribution in [0.15, 0.2) is 36.4 Å². The van der Waals surface area contributed by atoms with E-state index >= 15 is 0 Å². The molecular formula is C20H27N3O2S. The molecule has 2 amide bonds. The van der Waals surface area contributed by atoms with E-state index in [0.29, 0.717) is 33.6 Å². The molecule has 5 nitrogen and oxygen atoms in total. The van der Waals surface area contributed by atoms with Crippen LogP contribution in [0.4, 0.5) is 11.4 Å². The van der Waals surface area contributed by atoms with Crippen LogP contribution in [-0.4, -0.2) is 18.4 Å². The van der Waals surface area contributed by atoms with Gasteiger partial charge in [-0.15, -0.1) is 11.3 Å². The minimum atomic E-state index is -0.263. The molecule has 0 aliphatic carbocycles. The summed E-state index contributed by atoms with van der Waals surface area (Å²) in [5.41, 5.74) is 6.92. The lowest BCUT2D eigenvalue weighted by molar-refractivity contribution is 0.0949. The van der Waals surface area contributed by atoms with Crippen molar-refractivity contribution in [1.29, 1.82) is 0 Å². The first-order valence-electron chi connectivity index (χ1n) is 9.09. The van der Waals surface area contributed by atoms with E-state index < -0.39 is 0 Å². The van der Waals surface area contributed by atoms with Crippen molar-refractivity contribution in [3.8, 4) is 0 Å². The molecule has 1 atom stereocenters. The Morgan fingerprint density at radius 2 is 1.77 bits per heavy atom. The molecule has 1 heterocycles. The maximum absolute atomic E-state index is 12.3. The highest BCUT2D eigenvalue weighted by Crippen LogP contribution is 2.21. The van der Waals surface area contributed by atoms with Gasteiger partial charge < -0.3 is 16.4 Å². The number of thiophene rings is 1. The summed E-state index contributed by atoms with van der Waals surface area (Å²) in [7, 11) is 0. The first-order valence-corrected chi connectivity index (χ1v) is 9.90. The van der Waals surface area contributed by atoms with Crippen molar-refractivity contribution in [3.63, 3.8) is 0 Å². The standard InChI is InChI=1S/C20H27N3O2S/c1-3-5-8-14(4-2)13-22-19(24)17-11-12-18(26-17)20(25)23-16-10-7-6-9-15(16)21/h6-7,9-12,14H,3-5,8,13,21H2,1-2H3,(H,22,24)(H,23,25). The summed E-state index contributed by atoms with van der Waals surface area (Å²) in [6.07, 6.45) is 4.53. The van der Waals surface area contributed by atoms with E-state index in [0.717, 1.165) is 12.8 Å². The minimum absolute atomic E-state index is 0.122. The fourth-order valence-electron chi connectivity index (χ4n) is 2.64. The van der Waals surface area contributed by atoms with Crippen LogP contribution in [0.1, 0.15) is 58.9 Å². The van der Waals surface area contributed by atoms with E-state index in [2.05, 4.69) is 24.5 Å². The number of carbonyl (C=O) groups is 2. The average molecular weight is 374 g/mol. The Balaban J connectivity index is 1.92. The Labute approximate surface area is 159 Å². The lowest BCUT2D eigenvalue weighted by Crippen LogP contribution is -2.28. The molecule has 26 heavy (non-hydrogen) atoms. The van der Waals surface area contributed by atoms with Gasteiger partial charge in [0.25, 0.3) is 11.8 Å². The molecule has 0 aliphatic rings. The SMILES string of the molecule is CCCCC(CC)CNC(=O)c1ccc(C(=O)Nc2ccccc2N)s1. The number of nitrogens with two attached hydrogens (primary N) is 1. The molecule has 0 radical (unpaired) electrons. The first-order chi connectivity index (χ1) is 12.5. The molecule has 140 valence electrons. The van der Waals surface area contributed by atoms with Gasteiger partial charge in [0.2, 0.25) is 0 Å². The largest absolute Gasteiger partial charge is 0.397 e. The number of rotatable bonds is 9. The van der Waals surface area contributed by atoms with E-state index in [1.807, 2.05) is 12.1 Å². The van der Waals surface area contributed by atoms with Crippen molar-refractivity contribution in [1.82, 2.24) is 5.32 Å². The minimum Gasteiger partial charge on any atom is -0.397 e. The molecule has 1 aromatic heterocycles. The number of nitrogens with one attached hydrogen (secondary N) is 2. The number of unbranched alkanes of at least 4 members (excludes halogenated alkanes) is 1. The second-order valence-corrected chi connectivity index (χ2v) is 7.42. The molecule has 2 aromatic rings. The van der Waals surface area contributed by atoms with Crippen molar-refractivity contribution in [2.24, 2.45) is 5.92 Å². The summed E-state index contributed by atoms with van der Waals surface area (Å²) < 4.78 is 0. The molecule has 1 aromatic carbocycles. The number of amides is 2. The number of anilines is 2. The van der Waals surface area contributed by atoms with Crippen molar-refractivity contribution in [2.45, 2.75) is 39.5 Å². The van der Waals surface area contributed by atoms with Crippen LogP contribution in [0.25, 0.3) is 0 Å². The zero-order chi connectivity index (χ0) is 18.9. The van der Waals surface area contributed by atoms with Crippen LogP contribution in [0, 0.1) is 5.92 Å². The summed E-state index contributed by atoms with van der Waals surface area (Å²) in [5, 5.41) is 5.77. The van der Waals surface area contributed by atoms with E-state index in [1.165, 1.54) is 24.2 Å². The van der Waals surface area contributed by atoms with Crippen molar-refractivity contribution in [2.75, 3.05) is 17.6 Å². The molecule has 0 saturated carbocycles. The van der Waals surface area contributed by atoms with Crippen LogP contribution >= 0.6 is 11.3 Å². The van der Waals surface area contributed by atoms with Gasteiger partial charge >= 0.3 is 0 Å². The van der Waals surface area contributed by atoms with Gasteiger partial charge in [-0.25, -0.2) is 0 Å². The number of nitrogen functional groups attached to an aromatic ring is 1. The molecule has 0 bridgehead atoms. The summed E-state index contributed by atoms with van der Waals surface area (Å²) in [6, 6.07) is 10.4. The van der Waals surface area contributed by atoms with Crippen LogP contribution in [0.2, 0.25) is 0 Å². The van der Waals surface area contributed by atoms with Crippen molar-refractivity contribution in [3.05, 3.63) is 46.2 Å². The lowest BCUT2D eigenvalue weighted by atomic mass is 9.99. The second kappa shape index (κ2) is 9.97. The van der Waals surface area contributed by atoms with Crippen LogP contribution in [-0.2, 0) is 0 Å². The van der Waals surface area contributed by atoms with E-state index in [4.69, 9.17) is 5.73 Å². The topological polar surface area (TPSA) is 84.2 Å². The molecular weight excluding hydrogens is 346 g/mol. The predicted molar refractivity (Wildman–Crippen MR) is 109 cm³/mol. The molecule has 1 unspecified atom stereocenters. The monoisotopic (exact) mass is 373 g/mol. The molecule has 6 heteroatoms. The van der Waals surface area contributed by atoms with Crippen LogP contribution in [0.5, 0.6) is 0 Å². The molecule has 2 rings (SSSR count). The first kappa shape index (κ1) is 20.0. The maximum Gasteiger partial charge on any atom is 0.265 e. The Morgan fingerprint density at radius 1 is 1.08 bits per heavy atom. The third-order valence-electron chi connectivity index (χ3n) is 4.36. The molecule has 4 N–H and O–H groups in total. The maximum atomic E-state index is 12.3. The normalized spacial score (nSPS) is 11.8. The van der Waals surface area contributed by atoms with Gasteiger partial charge in [-0.05, 0) is 36.6 Å². The number of benzene rings is 1. The molecule has 0 spiro atoms. The highest BCUT2D eigenvalue weighted by Gasteiger charge is 2.15. The summed E-state index contributed by atoms with van der Waals surface area (Å²) in [5.74, 6) is 0.118. The van der Waals surface area contributed by atoms with Gasteiger partial charge in [-0.2, -0.15) is 0 Å². The van der Waals surface area contributed by atoms with E-state index in [9.17, 15) is 9.59 Å². The Morgan fingerprint density at radius 3 is 2.42 bits per heavy atom. The summed E-state index contributed by atoms with van der Waals surface area (Å²) in [4.78, 5) is 25.7. The van der Waals surface area contributed by atoms with Crippen LogP contribution in [0.3, 0.4) is 0 Å². The molecule has 0 fully saturated rings. The fraction of sp³-hybridized carbons (Fsp3) is 0.400. The van der Waals surface area contributed by atoms with Gasteiger partial charge in [0.15, 0.2) is 0 Å². The van der Waals surface area contributed by atoms with Crippen LogP contribution < -0.4 is 16.4 Å². The zero-order valence-corrected chi connectivity index (χ0v) is 16.2.